The van der Waals surface area contributed by atoms with E-state index in [4.69, 9.17) is 0 Å². The molecular weight excluding hydrogens is 886 g/mol. The second kappa shape index (κ2) is 17.1. The summed E-state index contributed by atoms with van der Waals surface area (Å²) in [6.07, 6.45) is 0. The molecule has 21 heteroatoms. The maximum Gasteiger partial charge on any atom is 2.00 e. The van der Waals surface area contributed by atoms with E-state index in [1.165, 1.54) is 72.8 Å². The van der Waals surface area contributed by atoms with Gasteiger partial charge in [0.05, 0.1) is 31.0 Å². The van der Waals surface area contributed by atoms with Crippen molar-refractivity contribution < 1.29 is 46.0 Å². The minimum atomic E-state index is -4.68. The van der Waals surface area contributed by atoms with Crippen LogP contribution in [0.15, 0.2) is 127 Å². The van der Waals surface area contributed by atoms with Crippen molar-refractivity contribution in [3.8, 4) is 11.5 Å². The molecule has 18 nitrogen and oxygen atoms in total. The van der Waals surface area contributed by atoms with Crippen LogP contribution >= 0.6 is 0 Å². The van der Waals surface area contributed by atoms with Gasteiger partial charge in [0.1, 0.15) is 43.1 Å². The molecule has 0 bridgehead atoms. The third-order valence-electron chi connectivity index (χ3n) is 7.75. The van der Waals surface area contributed by atoms with Gasteiger partial charge in [0, 0.05) is 34.0 Å². The van der Waals surface area contributed by atoms with Gasteiger partial charge in [-0.3, -0.25) is 20.2 Å². The van der Waals surface area contributed by atoms with Crippen molar-refractivity contribution in [2.24, 2.45) is 20.5 Å². The zero-order chi connectivity index (χ0) is 39.5. The van der Waals surface area contributed by atoms with Gasteiger partial charge in [0.15, 0.2) is 0 Å². The van der Waals surface area contributed by atoms with Crippen LogP contribution < -0.4 is 0 Å². The van der Waals surface area contributed by atoms with Crippen molar-refractivity contribution in [2.75, 3.05) is 0 Å². The Kier molecular flexibility index (Phi) is 13.2. The molecule has 2 N–H and O–H groups in total. The number of nitro benzene ring substituents is 2. The molecule has 0 amide bonds. The van der Waals surface area contributed by atoms with Gasteiger partial charge in [-0.25, -0.2) is 16.8 Å². The van der Waals surface area contributed by atoms with E-state index in [1.54, 1.807) is 26.0 Å². The first-order valence-corrected chi connectivity index (χ1v) is 17.9. The Balaban J connectivity index is 0.000000240. The van der Waals surface area contributed by atoms with E-state index in [2.05, 4.69) is 20.5 Å². The average Bonchev–Trinajstić information content (AvgIpc) is 3.09. The Morgan fingerprint density at radius 2 is 0.873 bits per heavy atom. The molecule has 6 rings (SSSR count). The quantitative estimate of drug-likeness (QED) is 0.0486. The maximum atomic E-state index is 11.2. The zero-order valence-electron chi connectivity index (χ0n) is 28.4. The SMILES string of the molecule is Cc1cc(N=Nc2c(O)ccc3ccc(S(=O)(=O)[O-])cc23)ccc1[N+](=O)[O-].Cc1cc(N=Nc2c(O)ccc3ccc(S(=O)(=O)[O-])cc23)ccc1[N+](=O)[O-].[Ba+2]. The van der Waals surface area contributed by atoms with Gasteiger partial charge in [-0.2, -0.15) is 10.2 Å². The standard InChI is InChI=1S/2C17H13N3O6S.Ba/c2*1-10-8-12(4-6-15(10)20(22)23)18-19-17-14-9-13(27(24,25)26)5-2-11(14)3-7-16(17)21;/h2*2-9,21H,1H3,(H,24,25,26);/q;;+2/p-2. The molecule has 0 aliphatic carbocycles. The van der Waals surface area contributed by atoms with Crippen molar-refractivity contribution in [3.63, 3.8) is 0 Å². The number of benzene rings is 6. The molecule has 0 unspecified atom stereocenters. The second-order valence-electron chi connectivity index (χ2n) is 11.4. The van der Waals surface area contributed by atoms with Gasteiger partial charge in [-0.15, -0.1) is 10.2 Å². The third kappa shape index (κ3) is 10.1. The number of rotatable bonds is 8. The zero-order valence-corrected chi connectivity index (χ0v) is 34.5. The molecule has 0 heterocycles. The Bertz CT molecular complexity index is 2610. The van der Waals surface area contributed by atoms with Crippen LogP contribution in [0, 0.1) is 34.1 Å². The fourth-order valence-electron chi connectivity index (χ4n) is 5.09. The molecule has 6 aromatic carbocycles. The fraction of sp³-hybridized carbons (Fsp3) is 0.0588. The Hall–Kier alpha value is -5.17. The molecule has 0 radical (unpaired) electrons. The monoisotopic (exact) mass is 910 g/mol. The number of hydrogen-bond donors (Lipinski definition) is 2. The van der Waals surface area contributed by atoms with E-state index in [9.17, 15) is 56.4 Å². The Morgan fingerprint density at radius 1 is 0.527 bits per heavy atom. The smallest absolute Gasteiger partial charge is 0.744 e. The van der Waals surface area contributed by atoms with Gasteiger partial charge in [-0.05, 0) is 85.3 Å². The molecule has 0 atom stereocenters. The number of aromatic hydroxyl groups is 2. The van der Waals surface area contributed by atoms with Crippen LogP contribution in [0.5, 0.6) is 11.5 Å². The van der Waals surface area contributed by atoms with E-state index < -0.39 is 39.9 Å². The molecule has 0 aliphatic rings. The summed E-state index contributed by atoms with van der Waals surface area (Å²) in [4.78, 5) is 19.8. The number of nitro groups is 2. The molecule has 0 aliphatic heterocycles. The first-order valence-electron chi connectivity index (χ1n) is 15.1. The number of fused-ring (bicyclic) bond motifs is 2. The molecule has 0 aromatic heterocycles. The minimum Gasteiger partial charge on any atom is -0.744 e. The summed E-state index contributed by atoms with van der Waals surface area (Å²) in [5.74, 6) is -0.518. The van der Waals surface area contributed by atoms with Crippen LogP contribution in [-0.2, 0) is 20.2 Å². The van der Waals surface area contributed by atoms with Crippen LogP contribution in [0.4, 0.5) is 34.1 Å². The van der Waals surface area contributed by atoms with Crippen LogP contribution in [0.25, 0.3) is 21.5 Å². The number of hydrogen-bond acceptors (Lipinski definition) is 16. The summed E-state index contributed by atoms with van der Waals surface area (Å²) in [6, 6.07) is 21.5. The first-order chi connectivity index (χ1) is 25.3. The van der Waals surface area contributed by atoms with Crippen LogP contribution in [0.3, 0.4) is 0 Å². The third-order valence-corrected chi connectivity index (χ3v) is 9.41. The summed E-state index contributed by atoms with van der Waals surface area (Å²) in [6.45, 7) is 3.11. The topological polar surface area (TPSA) is 291 Å². The molecule has 276 valence electrons. The average molecular weight is 910 g/mol. The van der Waals surface area contributed by atoms with Gasteiger partial charge in [-0.1, -0.05) is 24.3 Å². The van der Waals surface area contributed by atoms with Crippen molar-refractivity contribution in [3.05, 3.63) is 128 Å². The fourth-order valence-corrected chi connectivity index (χ4v) is 6.09. The Morgan fingerprint density at radius 3 is 1.18 bits per heavy atom. The molecule has 0 fully saturated rings. The van der Waals surface area contributed by atoms with Gasteiger partial charge in [0.2, 0.25) is 0 Å². The molecule has 0 spiro atoms. The molecule has 55 heavy (non-hydrogen) atoms. The molecule has 0 saturated carbocycles. The Labute approximate surface area is 351 Å². The second-order valence-corrected chi connectivity index (χ2v) is 14.2. The normalized spacial score (nSPS) is 11.7. The largest absolute Gasteiger partial charge is 2.00 e. The van der Waals surface area contributed by atoms with E-state index in [-0.39, 0.29) is 93.9 Å². The van der Waals surface area contributed by atoms with E-state index in [0.717, 1.165) is 12.1 Å². The van der Waals surface area contributed by atoms with Crippen LogP contribution in [0.2, 0.25) is 0 Å². The summed E-state index contributed by atoms with van der Waals surface area (Å²) in [5, 5.41) is 59.3. The van der Waals surface area contributed by atoms with Crippen molar-refractivity contribution in [2.45, 2.75) is 23.6 Å². The number of aryl methyl sites for hydroxylation is 2. The van der Waals surface area contributed by atoms with Crippen LogP contribution in [0.1, 0.15) is 11.1 Å². The van der Waals surface area contributed by atoms with Gasteiger partial charge in [0.25, 0.3) is 11.4 Å². The van der Waals surface area contributed by atoms with Gasteiger partial charge >= 0.3 is 48.9 Å². The number of nitrogens with zero attached hydrogens (tertiary/aromatic N) is 6. The van der Waals surface area contributed by atoms with Crippen molar-refractivity contribution in [1.29, 1.82) is 0 Å². The predicted molar refractivity (Wildman–Crippen MR) is 197 cm³/mol. The summed E-state index contributed by atoms with van der Waals surface area (Å²) >= 11 is 0. The number of azo groups is 2. The maximum absolute atomic E-state index is 11.2. The summed E-state index contributed by atoms with van der Waals surface area (Å²) in [7, 11) is -9.35. The first kappa shape index (κ1) is 42.6. The van der Waals surface area contributed by atoms with Crippen molar-refractivity contribution in [1.82, 2.24) is 0 Å². The van der Waals surface area contributed by atoms with E-state index in [1.807, 2.05) is 0 Å². The summed E-state index contributed by atoms with van der Waals surface area (Å²) in [5.41, 5.74) is 1.23. The molecular formula is C34H24BaN6O12S2. The minimum absolute atomic E-state index is 0. The van der Waals surface area contributed by atoms with E-state index >= 15 is 0 Å². The number of phenols is 2. The molecule has 6 aromatic rings. The summed E-state index contributed by atoms with van der Waals surface area (Å²) < 4.78 is 67.5. The number of phenolic OH excluding ortho intramolecular Hbond substituents is 2. The molecule has 0 saturated heterocycles. The van der Waals surface area contributed by atoms with Gasteiger partial charge < -0.3 is 19.3 Å². The van der Waals surface area contributed by atoms with Crippen LogP contribution in [-0.4, -0.2) is 94.9 Å². The van der Waals surface area contributed by atoms with Crippen molar-refractivity contribution >= 4 is 125 Å². The predicted octanol–water partition coefficient (Wildman–Crippen LogP) is 7.78. The van der Waals surface area contributed by atoms with E-state index in [0.29, 0.717) is 33.3 Å².